The predicted octanol–water partition coefficient (Wildman–Crippen LogP) is 15.1. The first-order valence-electron chi connectivity index (χ1n) is 21.7. The normalized spacial score (nSPS) is 13.9. The molecule has 0 N–H and O–H groups in total. The molecule has 61 heavy (non-hydrogen) atoms. The first-order valence-corrected chi connectivity index (χ1v) is 22.5. The molecule has 0 fully saturated rings. The summed E-state index contributed by atoms with van der Waals surface area (Å²) in [5.41, 5.74) is 17.9. The van der Waals surface area contributed by atoms with Crippen molar-refractivity contribution in [1.29, 1.82) is 0 Å². The molecule has 0 bridgehead atoms. The number of benzene rings is 7. The van der Waals surface area contributed by atoms with E-state index in [1.165, 1.54) is 82.1 Å². The Balaban J connectivity index is 1.31. The van der Waals surface area contributed by atoms with Gasteiger partial charge in [0, 0.05) is 43.7 Å². The summed E-state index contributed by atoms with van der Waals surface area (Å²) in [4.78, 5) is 5.26. The lowest BCUT2D eigenvalue weighted by Crippen LogP contribution is -2.61. The second-order valence-corrected chi connectivity index (χ2v) is 21.2. The molecule has 11 rings (SSSR count). The van der Waals surface area contributed by atoms with Crippen LogP contribution in [0.15, 0.2) is 150 Å². The van der Waals surface area contributed by atoms with Crippen LogP contribution in [0.3, 0.4) is 0 Å². The van der Waals surface area contributed by atoms with Crippen LogP contribution in [-0.2, 0) is 16.2 Å². The van der Waals surface area contributed by atoms with E-state index in [0.29, 0.717) is 0 Å². The van der Waals surface area contributed by atoms with Crippen molar-refractivity contribution >= 4 is 88.9 Å². The van der Waals surface area contributed by atoms with Crippen LogP contribution in [0, 0.1) is 0 Å². The maximum atomic E-state index is 7.03. The average Bonchev–Trinajstić information content (AvgIpc) is 3.82. The molecule has 0 saturated heterocycles. The zero-order chi connectivity index (χ0) is 42.2. The fourth-order valence-corrected chi connectivity index (χ4v) is 11.1. The minimum absolute atomic E-state index is 0.0200. The quantitative estimate of drug-likeness (QED) is 0.166. The molecule has 0 atom stereocenters. The molecule has 3 nitrogen and oxygen atoms in total. The minimum Gasteiger partial charge on any atom is -0.455 e. The van der Waals surface area contributed by atoms with E-state index in [-0.39, 0.29) is 23.1 Å². The Morgan fingerprint density at radius 3 is 1.84 bits per heavy atom. The zero-order valence-electron chi connectivity index (χ0n) is 36.6. The summed E-state index contributed by atoms with van der Waals surface area (Å²) in [6.07, 6.45) is 0. The van der Waals surface area contributed by atoms with Crippen molar-refractivity contribution in [3.05, 3.63) is 162 Å². The summed E-state index contributed by atoms with van der Waals surface area (Å²) in [6.45, 7) is 20.8. The molecule has 7 aromatic carbocycles. The summed E-state index contributed by atoms with van der Waals surface area (Å²) in [5, 5.41) is 4.85. The fraction of sp³-hybridized carbons (Fsp3) is 0.214. The number of anilines is 5. The molecule has 2 aromatic heterocycles. The van der Waals surface area contributed by atoms with Gasteiger partial charge in [0.2, 0.25) is 0 Å². The Morgan fingerprint density at radius 2 is 1.11 bits per heavy atom. The van der Waals surface area contributed by atoms with Gasteiger partial charge in [-0.05, 0) is 115 Å². The minimum atomic E-state index is -0.132. The van der Waals surface area contributed by atoms with E-state index in [1.54, 1.807) is 0 Å². The number of rotatable bonds is 3. The van der Waals surface area contributed by atoms with Crippen LogP contribution in [0.25, 0.3) is 54.3 Å². The Kier molecular flexibility index (Phi) is 8.23. The van der Waals surface area contributed by atoms with E-state index in [2.05, 4.69) is 218 Å². The Labute approximate surface area is 364 Å². The smallest absolute Gasteiger partial charge is 0.334 e. The highest BCUT2D eigenvalue weighted by Gasteiger charge is 2.48. The molecular formula is C56H51BN2OS. The maximum Gasteiger partial charge on any atom is 0.334 e. The molecule has 5 heteroatoms. The Hall–Kier alpha value is -6.04. The fourth-order valence-electron chi connectivity index (χ4n) is 9.82. The standard InChI is InChI=1S/C56H51BN2OS/c1-54(2,3)35-23-26-38(27-24-35)59-45-30-28-40-39-19-13-15-21-47(39)60-52(40)49(45)43-32-37(56(7,8)9)33-46-50(43)57(59)51-41-20-14-16-22-48(41)61-53(51)58(46)44-29-25-36(55(4,5)6)31-42(44)34-17-11-10-12-18-34/h10-33H,1-9H3. The molecule has 0 unspecified atom stereocenters. The molecule has 0 aliphatic carbocycles. The van der Waals surface area contributed by atoms with Gasteiger partial charge in [0.15, 0.2) is 0 Å². The first-order chi connectivity index (χ1) is 29.2. The summed E-state index contributed by atoms with van der Waals surface area (Å²) >= 11 is 1.91. The van der Waals surface area contributed by atoms with E-state index < -0.39 is 0 Å². The highest BCUT2D eigenvalue weighted by Crippen LogP contribution is 2.54. The number of thiophene rings is 1. The van der Waals surface area contributed by atoms with Gasteiger partial charge in [-0.25, -0.2) is 0 Å². The van der Waals surface area contributed by atoms with Crippen LogP contribution >= 0.6 is 11.3 Å². The van der Waals surface area contributed by atoms with Gasteiger partial charge in [-0.2, -0.15) is 0 Å². The lowest BCUT2D eigenvalue weighted by molar-refractivity contribution is 0.590. The lowest BCUT2D eigenvalue weighted by Gasteiger charge is -2.45. The third-order valence-electron chi connectivity index (χ3n) is 13.1. The zero-order valence-corrected chi connectivity index (χ0v) is 37.5. The predicted molar refractivity (Wildman–Crippen MR) is 264 cm³/mol. The number of nitrogens with zero attached hydrogens (tertiary/aromatic N) is 2. The van der Waals surface area contributed by atoms with Crippen LogP contribution in [-0.4, -0.2) is 6.85 Å². The number of hydrogen-bond acceptors (Lipinski definition) is 4. The van der Waals surface area contributed by atoms with Gasteiger partial charge in [0.1, 0.15) is 11.2 Å². The summed E-state index contributed by atoms with van der Waals surface area (Å²) in [7, 11) is 0. The van der Waals surface area contributed by atoms with Crippen molar-refractivity contribution in [2.45, 2.75) is 78.6 Å². The van der Waals surface area contributed by atoms with Gasteiger partial charge >= 0.3 is 6.85 Å². The summed E-state index contributed by atoms with van der Waals surface area (Å²) < 4.78 is 8.32. The topological polar surface area (TPSA) is 19.6 Å². The molecule has 300 valence electrons. The first kappa shape index (κ1) is 37.9. The van der Waals surface area contributed by atoms with Gasteiger partial charge in [0.05, 0.1) is 10.7 Å². The maximum absolute atomic E-state index is 7.03. The monoisotopic (exact) mass is 810 g/mol. The van der Waals surface area contributed by atoms with Gasteiger partial charge in [-0.3, -0.25) is 0 Å². The van der Waals surface area contributed by atoms with E-state index in [0.717, 1.165) is 27.5 Å². The third kappa shape index (κ3) is 5.84. The Morgan fingerprint density at radius 1 is 0.492 bits per heavy atom. The van der Waals surface area contributed by atoms with Crippen LogP contribution in [0.2, 0.25) is 0 Å². The molecule has 2 aliphatic heterocycles. The molecule has 0 radical (unpaired) electrons. The Bertz CT molecular complexity index is 3210. The molecule has 4 heterocycles. The van der Waals surface area contributed by atoms with Crippen molar-refractivity contribution in [2.24, 2.45) is 0 Å². The van der Waals surface area contributed by atoms with Gasteiger partial charge < -0.3 is 14.1 Å². The lowest BCUT2D eigenvalue weighted by atomic mass is 9.43. The number of hydrogen-bond donors (Lipinski definition) is 0. The van der Waals surface area contributed by atoms with Crippen molar-refractivity contribution < 1.29 is 4.42 Å². The van der Waals surface area contributed by atoms with Gasteiger partial charge in [-0.1, -0.05) is 153 Å². The summed E-state index contributed by atoms with van der Waals surface area (Å²) in [5.74, 6) is 0. The van der Waals surface area contributed by atoms with Crippen molar-refractivity contribution in [2.75, 3.05) is 9.71 Å². The van der Waals surface area contributed by atoms with Crippen molar-refractivity contribution in [1.82, 2.24) is 0 Å². The number of para-hydroxylation sites is 1. The number of furan rings is 1. The number of fused-ring (bicyclic) bond motifs is 10. The molecular weight excluding hydrogens is 760 g/mol. The largest absolute Gasteiger partial charge is 0.455 e. The van der Waals surface area contributed by atoms with Crippen LogP contribution in [0.5, 0.6) is 0 Å². The van der Waals surface area contributed by atoms with Crippen LogP contribution in [0.4, 0.5) is 27.8 Å². The van der Waals surface area contributed by atoms with Crippen LogP contribution in [0.1, 0.15) is 79.0 Å². The molecule has 0 amide bonds. The SMILES string of the molecule is CC(C)(C)c1ccc(N2B3c4c(cc(C(C)(C)C)cc4N(c4ccc(C(C)(C)C)cc4-c4ccccc4)c4sc5ccccc5c43)-c3c2ccc2c3oc3ccccc32)cc1. The molecule has 9 aromatic rings. The van der Waals surface area contributed by atoms with E-state index >= 15 is 0 Å². The van der Waals surface area contributed by atoms with E-state index in [4.69, 9.17) is 4.42 Å². The summed E-state index contributed by atoms with van der Waals surface area (Å²) in [6, 6.07) is 54.8. The molecule has 0 saturated carbocycles. The van der Waals surface area contributed by atoms with Crippen molar-refractivity contribution in [3.63, 3.8) is 0 Å². The van der Waals surface area contributed by atoms with E-state index in [1.807, 2.05) is 11.3 Å². The highest BCUT2D eigenvalue weighted by atomic mass is 32.1. The molecule has 2 aliphatic rings. The average molecular weight is 811 g/mol. The molecule has 0 spiro atoms. The van der Waals surface area contributed by atoms with Gasteiger partial charge in [0.25, 0.3) is 0 Å². The second-order valence-electron chi connectivity index (χ2n) is 20.2. The van der Waals surface area contributed by atoms with Crippen molar-refractivity contribution in [3.8, 4) is 22.3 Å². The van der Waals surface area contributed by atoms with E-state index in [9.17, 15) is 0 Å². The second kappa shape index (κ2) is 13.2. The van der Waals surface area contributed by atoms with Gasteiger partial charge in [-0.15, -0.1) is 11.3 Å². The van der Waals surface area contributed by atoms with Crippen LogP contribution < -0.4 is 20.6 Å². The highest BCUT2D eigenvalue weighted by molar-refractivity contribution is 7.26. The third-order valence-corrected chi connectivity index (χ3v) is 14.3.